The van der Waals surface area contributed by atoms with Crippen molar-refractivity contribution in [2.45, 2.75) is 25.9 Å². The van der Waals surface area contributed by atoms with E-state index >= 15 is 0 Å². The number of carbonyl (C=O) groups is 2. The number of amides is 2. The summed E-state index contributed by atoms with van der Waals surface area (Å²) >= 11 is 5.34. The highest BCUT2D eigenvalue weighted by atomic mass is 32.1. The Morgan fingerprint density at radius 3 is 2.47 bits per heavy atom. The quantitative estimate of drug-likeness (QED) is 0.693. The number of hydrogen-bond donors (Lipinski definition) is 1. The molecule has 1 atom stereocenters. The number of cyclic esters (lactones) is 1. The third-order valence-electron chi connectivity index (χ3n) is 5.66. The molecule has 9 heteroatoms. The van der Waals surface area contributed by atoms with Crippen LogP contribution in [0.4, 0.5) is 21.0 Å². The number of nitrogens with zero attached hydrogens (tertiary/aromatic N) is 3. The summed E-state index contributed by atoms with van der Waals surface area (Å²) in [7, 11) is 0. The van der Waals surface area contributed by atoms with E-state index in [9.17, 15) is 9.59 Å². The van der Waals surface area contributed by atoms with Gasteiger partial charge in [0.1, 0.15) is 6.10 Å². The average Bonchev–Trinajstić information content (AvgIpc) is 3.55. The van der Waals surface area contributed by atoms with Gasteiger partial charge in [-0.1, -0.05) is 12.2 Å². The van der Waals surface area contributed by atoms with E-state index in [-0.39, 0.29) is 18.3 Å². The van der Waals surface area contributed by atoms with Crippen LogP contribution in [0.15, 0.2) is 24.3 Å². The molecule has 0 bridgehead atoms. The predicted molar refractivity (Wildman–Crippen MR) is 118 cm³/mol. The molecule has 0 radical (unpaired) electrons. The van der Waals surface area contributed by atoms with E-state index in [4.69, 9.17) is 21.7 Å². The number of nitrogens with one attached hydrogen (secondary N) is 1. The van der Waals surface area contributed by atoms with Gasteiger partial charge in [-0.2, -0.15) is 0 Å². The lowest BCUT2D eigenvalue weighted by atomic mass is 10.2. The van der Waals surface area contributed by atoms with Crippen LogP contribution in [0.2, 0.25) is 0 Å². The van der Waals surface area contributed by atoms with Gasteiger partial charge in [-0.05, 0) is 44.0 Å². The van der Waals surface area contributed by atoms with Gasteiger partial charge in [0.05, 0.1) is 24.7 Å². The molecule has 30 heavy (non-hydrogen) atoms. The first kappa shape index (κ1) is 20.7. The Bertz CT molecular complexity index is 791. The Morgan fingerprint density at radius 1 is 1.17 bits per heavy atom. The van der Waals surface area contributed by atoms with Crippen LogP contribution in [-0.2, 0) is 9.47 Å². The van der Waals surface area contributed by atoms with Gasteiger partial charge in [0.25, 0.3) is 0 Å². The van der Waals surface area contributed by atoms with Gasteiger partial charge < -0.3 is 24.6 Å². The van der Waals surface area contributed by atoms with Crippen molar-refractivity contribution in [2.24, 2.45) is 5.92 Å². The van der Waals surface area contributed by atoms with Gasteiger partial charge in [0.15, 0.2) is 0 Å². The Labute approximate surface area is 182 Å². The molecule has 1 aromatic carbocycles. The van der Waals surface area contributed by atoms with Gasteiger partial charge in [0, 0.05) is 43.5 Å². The molecular weight excluding hydrogens is 404 g/mol. The maximum atomic E-state index is 12.3. The molecule has 1 aromatic rings. The number of thiocarbonyl (C=S) groups is 1. The van der Waals surface area contributed by atoms with Gasteiger partial charge in [-0.15, -0.1) is 0 Å². The zero-order valence-corrected chi connectivity index (χ0v) is 18.0. The van der Waals surface area contributed by atoms with E-state index < -0.39 is 0 Å². The Balaban J connectivity index is 1.28. The number of anilines is 2. The summed E-state index contributed by atoms with van der Waals surface area (Å²) in [5, 5.41) is 3.23. The summed E-state index contributed by atoms with van der Waals surface area (Å²) in [6.07, 6.45) is 1.54. The van der Waals surface area contributed by atoms with E-state index in [1.54, 1.807) is 9.80 Å². The van der Waals surface area contributed by atoms with Crippen molar-refractivity contribution in [3.05, 3.63) is 24.3 Å². The number of piperazine rings is 1. The van der Waals surface area contributed by atoms with Crippen molar-refractivity contribution in [3.63, 3.8) is 0 Å². The molecule has 0 spiro atoms. The normalized spacial score (nSPS) is 21.4. The molecule has 2 heterocycles. The molecule has 0 aromatic heterocycles. The van der Waals surface area contributed by atoms with Crippen molar-refractivity contribution < 1.29 is 19.1 Å². The maximum absolute atomic E-state index is 12.3. The summed E-state index contributed by atoms with van der Waals surface area (Å²) in [6.45, 7) is 6.04. The first-order chi connectivity index (χ1) is 14.5. The largest absolute Gasteiger partial charge is 0.450 e. The third-order valence-corrected chi connectivity index (χ3v) is 6.14. The zero-order chi connectivity index (χ0) is 21.1. The second-order valence-corrected chi connectivity index (χ2v) is 8.27. The number of carbonyl (C=O) groups excluding carboxylic acids is 2. The maximum Gasteiger partial charge on any atom is 0.414 e. The van der Waals surface area contributed by atoms with Crippen molar-refractivity contribution in [2.75, 3.05) is 55.7 Å². The second kappa shape index (κ2) is 9.07. The Morgan fingerprint density at radius 2 is 1.83 bits per heavy atom. The van der Waals surface area contributed by atoms with Crippen LogP contribution in [0, 0.1) is 5.92 Å². The molecule has 162 valence electrons. The van der Waals surface area contributed by atoms with Crippen LogP contribution in [0.5, 0.6) is 0 Å². The summed E-state index contributed by atoms with van der Waals surface area (Å²) < 4.78 is 10.6. The lowest BCUT2D eigenvalue weighted by Crippen LogP contribution is -2.49. The highest BCUT2D eigenvalue weighted by molar-refractivity contribution is 7.80. The zero-order valence-electron chi connectivity index (χ0n) is 17.2. The molecule has 3 fully saturated rings. The fourth-order valence-electron chi connectivity index (χ4n) is 3.75. The Kier molecular flexibility index (Phi) is 6.26. The molecule has 4 rings (SSSR count). The number of rotatable bonds is 6. The van der Waals surface area contributed by atoms with Crippen molar-refractivity contribution in [1.82, 2.24) is 10.2 Å². The van der Waals surface area contributed by atoms with Crippen LogP contribution in [-0.4, -0.2) is 74.1 Å². The van der Waals surface area contributed by atoms with Gasteiger partial charge >= 0.3 is 12.2 Å². The fraction of sp³-hybridized carbons (Fsp3) is 0.571. The van der Waals surface area contributed by atoms with Crippen molar-refractivity contribution in [3.8, 4) is 0 Å². The second-order valence-electron chi connectivity index (χ2n) is 7.83. The first-order valence-electron chi connectivity index (χ1n) is 10.6. The minimum atomic E-state index is -0.324. The van der Waals surface area contributed by atoms with Crippen LogP contribution < -0.4 is 15.1 Å². The highest BCUT2D eigenvalue weighted by Crippen LogP contribution is 2.30. The minimum absolute atomic E-state index is 0.204. The minimum Gasteiger partial charge on any atom is -0.450 e. The van der Waals surface area contributed by atoms with Crippen LogP contribution in [0.1, 0.15) is 19.8 Å². The van der Waals surface area contributed by atoms with Crippen LogP contribution in [0.25, 0.3) is 0 Å². The third kappa shape index (κ3) is 4.77. The molecule has 1 N–H and O–H groups in total. The lowest BCUT2D eigenvalue weighted by Gasteiger charge is -2.35. The average molecular weight is 433 g/mol. The van der Waals surface area contributed by atoms with E-state index in [2.05, 4.69) is 10.2 Å². The van der Waals surface area contributed by atoms with E-state index in [0.717, 1.165) is 42.3 Å². The smallest absolute Gasteiger partial charge is 0.414 e. The van der Waals surface area contributed by atoms with E-state index in [1.165, 1.54) is 0 Å². The first-order valence-corrected chi connectivity index (χ1v) is 11.0. The number of hydrogen-bond acceptors (Lipinski definition) is 6. The predicted octanol–water partition coefficient (Wildman–Crippen LogP) is 2.62. The van der Waals surface area contributed by atoms with Gasteiger partial charge in [-0.3, -0.25) is 4.90 Å². The molecule has 1 unspecified atom stereocenters. The van der Waals surface area contributed by atoms with Gasteiger partial charge in [-0.25, -0.2) is 9.59 Å². The molecule has 2 aliphatic heterocycles. The Hall–Kier alpha value is -2.55. The fourth-order valence-corrected chi connectivity index (χ4v) is 4.07. The summed E-state index contributed by atoms with van der Waals surface area (Å²) in [4.78, 5) is 30.6. The molecule has 2 saturated heterocycles. The summed E-state index contributed by atoms with van der Waals surface area (Å²) in [5.41, 5.74) is 1.89. The van der Waals surface area contributed by atoms with Gasteiger partial charge in [0.2, 0.25) is 0 Å². The molecule has 8 nitrogen and oxygen atoms in total. The molecule has 1 aliphatic carbocycles. The molecular formula is C21H28N4O4S. The van der Waals surface area contributed by atoms with E-state index in [1.807, 2.05) is 31.2 Å². The molecule has 2 amide bonds. The summed E-state index contributed by atoms with van der Waals surface area (Å²) in [5.74, 6) is 0.514. The molecule has 3 aliphatic rings. The number of ether oxygens (including phenoxy) is 2. The lowest BCUT2D eigenvalue weighted by molar-refractivity contribution is 0.105. The van der Waals surface area contributed by atoms with Crippen LogP contribution >= 0.6 is 12.2 Å². The molecule has 1 saturated carbocycles. The standard InChI is InChI=1S/C21H28N4O4S/c1-2-28-20(26)24-11-9-23(10-12-24)16-5-7-17(8-6-16)25-14-18(29-21(25)27)13-22-19(30)15-3-4-15/h5-8,15,18H,2-4,9-14H2,1H3,(H,22,30). The van der Waals surface area contributed by atoms with Crippen molar-refractivity contribution in [1.29, 1.82) is 0 Å². The monoisotopic (exact) mass is 432 g/mol. The van der Waals surface area contributed by atoms with E-state index in [0.29, 0.717) is 38.7 Å². The van der Waals surface area contributed by atoms with Crippen molar-refractivity contribution >= 4 is 40.8 Å². The SMILES string of the molecule is CCOC(=O)N1CCN(c2ccc(N3CC(CNC(=S)C4CC4)OC3=O)cc2)CC1. The van der Waals surface area contributed by atoms with Crippen LogP contribution in [0.3, 0.4) is 0 Å². The summed E-state index contributed by atoms with van der Waals surface area (Å²) in [6, 6.07) is 7.91. The highest BCUT2D eigenvalue weighted by Gasteiger charge is 2.33. The topological polar surface area (TPSA) is 74.3 Å². The number of benzene rings is 1.